The number of nitrogens with one attached hydrogen (secondary N) is 1. The number of piperidine rings is 1. The zero-order valence-electron chi connectivity index (χ0n) is 26.8. The number of methoxy groups -OCH3 is 2. The zero-order valence-corrected chi connectivity index (χ0v) is 26.8. The van der Waals surface area contributed by atoms with E-state index in [0.29, 0.717) is 29.4 Å². The standard InChI is InChI=1S/C37H43N3O5/c1-39(2)21-22-44-36-25-29(12-15-33(36)26-9-13-30(14-10-26)45-31-17-19-40(3)20-18-31)38-37(41)28-11-16-35(43-5)34(24-28)27-7-6-8-32(23-27)42-4/h6-16,23-25,31H,17-22H2,1-5H3,(H,38,41). The highest BCUT2D eigenvalue weighted by Crippen LogP contribution is 2.36. The Morgan fingerprint density at radius 1 is 0.822 bits per heavy atom. The van der Waals surface area contributed by atoms with E-state index in [1.165, 1.54) is 0 Å². The first kappa shape index (κ1) is 31.9. The highest BCUT2D eigenvalue weighted by molar-refractivity contribution is 6.05. The molecule has 236 valence electrons. The summed E-state index contributed by atoms with van der Waals surface area (Å²) in [5.74, 6) is 2.74. The van der Waals surface area contributed by atoms with Crippen LogP contribution in [-0.2, 0) is 0 Å². The van der Waals surface area contributed by atoms with Gasteiger partial charge in [0.2, 0.25) is 0 Å². The monoisotopic (exact) mass is 609 g/mol. The summed E-state index contributed by atoms with van der Waals surface area (Å²) in [6.45, 7) is 3.39. The average Bonchev–Trinajstić information content (AvgIpc) is 3.06. The lowest BCUT2D eigenvalue weighted by Crippen LogP contribution is -2.35. The van der Waals surface area contributed by atoms with Gasteiger partial charge in [0.25, 0.3) is 5.91 Å². The number of likely N-dealkylation sites (tertiary alicyclic amines) is 1. The molecule has 0 aromatic heterocycles. The van der Waals surface area contributed by atoms with Gasteiger partial charge in [-0.1, -0.05) is 24.3 Å². The predicted octanol–water partition coefficient (Wildman–Crippen LogP) is 6.70. The molecule has 1 aliphatic rings. The van der Waals surface area contributed by atoms with Gasteiger partial charge in [0.15, 0.2) is 0 Å². The zero-order chi connectivity index (χ0) is 31.8. The second-order valence-electron chi connectivity index (χ2n) is 11.6. The van der Waals surface area contributed by atoms with E-state index in [9.17, 15) is 4.79 Å². The summed E-state index contributed by atoms with van der Waals surface area (Å²) in [7, 11) is 9.43. The van der Waals surface area contributed by atoms with E-state index in [1.54, 1.807) is 20.3 Å². The molecule has 8 nitrogen and oxygen atoms in total. The minimum atomic E-state index is -0.232. The van der Waals surface area contributed by atoms with Gasteiger partial charge in [-0.25, -0.2) is 0 Å². The fourth-order valence-corrected chi connectivity index (χ4v) is 5.37. The molecule has 0 atom stereocenters. The van der Waals surface area contributed by atoms with Crippen LogP contribution in [0.3, 0.4) is 0 Å². The quantitative estimate of drug-likeness (QED) is 0.192. The second-order valence-corrected chi connectivity index (χ2v) is 11.6. The fourth-order valence-electron chi connectivity index (χ4n) is 5.37. The first-order chi connectivity index (χ1) is 21.8. The molecule has 45 heavy (non-hydrogen) atoms. The van der Waals surface area contributed by atoms with E-state index in [2.05, 4.69) is 34.3 Å². The van der Waals surface area contributed by atoms with Crippen LogP contribution in [0.15, 0.2) is 84.9 Å². The van der Waals surface area contributed by atoms with Crippen molar-refractivity contribution in [1.82, 2.24) is 9.80 Å². The Labute approximate surface area is 266 Å². The van der Waals surface area contributed by atoms with Crippen molar-refractivity contribution in [1.29, 1.82) is 0 Å². The molecule has 1 N–H and O–H groups in total. The topological polar surface area (TPSA) is 72.5 Å². The van der Waals surface area contributed by atoms with Gasteiger partial charge in [-0.15, -0.1) is 0 Å². The Kier molecular flexibility index (Phi) is 10.6. The van der Waals surface area contributed by atoms with E-state index in [4.69, 9.17) is 18.9 Å². The fraction of sp³-hybridized carbons (Fsp3) is 0.324. The van der Waals surface area contributed by atoms with Crippen molar-refractivity contribution < 1.29 is 23.7 Å². The number of nitrogens with zero attached hydrogens (tertiary/aromatic N) is 2. The molecule has 4 aromatic rings. The van der Waals surface area contributed by atoms with Gasteiger partial charge in [0.05, 0.1) is 14.2 Å². The molecular weight excluding hydrogens is 566 g/mol. The maximum Gasteiger partial charge on any atom is 0.255 e. The van der Waals surface area contributed by atoms with Gasteiger partial charge in [0, 0.05) is 48.1 Å². The average molecular weight is 610 g/mol. The minimum Gasteiger partial charge on any atom is -0.497 e. The van der Waals surface area contributed by atoms with Crippen LogP contribution in [0.4, 0.5) is 5.69 Å². The molecule has 1 amide bonds. The van der Waals surface area contributed by atoms with Crippen molar-refractivity contribution >= 4 is 11.6 Å². The van der Waals surface area contributed by atoms with Crippen molar-refractivity contribution in [3.63, 3.8) is 0 Å². The van der Waals surface area contributed by atoms with Gasteiger partial charge in [-0.3, -0.25) is 4.79 Å². The Balaban J connectivity index is 1.36. The van der Waals surface area contributed by atoms with Gasteiger partial charge >= 0.3 is 0 Å². The van der Waals surface area contributed by atoms with Gasteiger partial charge in [0.1, 0.15) is 35.7 Å². The summed E-state index contributed by atoms with van der Waals surface area (Å²) in [6, 6.07) is 27.0. The van der Waals surface area contributed by atoms with Crippen molar-refractivity contribution in [2.75, 3.05) is 66.9 Å². The summed E-state index contributed by atoms with van der Waals surface area (Å²) in [5.41, 5.74) is 4.81. The molecule has 4 aromatic carbocycles. The van der Waals surface area contributed by atoms with Crippen molar-refractivity contribution in [2.45, 2.75) is 18.9 Å². The first-order valence-corrected chi connectivity index (χ1v) is 15.3. The number of likely N-dealkylation sites (N-methyl/N-ethyl adjacent to an activating group) is 1. The molecule has 0 unspecified atom stereocenters. The Bertz CT molecular complexity index is 1580. The number of amides is 1. The van der Waals surface area contributed by atoms with Crippen LogP contribution >= 0.6 is 0 Å². The number of anilines is 1. The third-order valence-electron chi connectivity index (χ3n) is 8.01. The van der Waals surface area contributed by atoms with E-state index < -0.39 is 0 Å². The molecule has 0 radical (unpaired) electrons. The number of hydrogen-bond donors (Lipinski definition) is 1. The molecule has 0 saturated carbocycles. The van der Waals surface area contributed by atoms with Crippen LogP contribution in [0.5, 0.6) is 23.0 Å². The number of rotatable bonds is 12. The van der Waals surface area contributed by atoms with E-state index in [1.807, 2.05) is 80.8 Å². The number of benzene rings is 4. The van der Waals surface area contributed by atoms with E-state index in [0.717, 1.165) is 66.2 Å². The molecule has 0 bridgehead atoms. The third kappa shape index (κ3) is 8.35. The van der Waals surface area contributed by atoms with E-state index >= 15 is 0 Å². The highest BCUT2D eigenvalue weighted by atomic mass is 16.5. The lowest BCUT2D eigenvalue weighted by Gasteiger charge is -2.29. The number of ether oxygens (including phenoxy) is 4. The highest BCUT2D eigenvalue weighted by Gasteiger charge is 2.19. The minimum absolute atomic E-state index is 0.232. The maximum absolute atomic E-state index is 13.5. The Morgan fingerprint density at radius 2 is 1.60 bits per heavy atom. The SMILES string of the molecule is COc1cccc(-c2cc(C(=O)Nc3ccc(-c4ccc(OC5CCN(C)CC5)cc4)c(OCCN(C)C)c3)ccc2OC)c1. The lowest BCUT2D eigenvalue weighted by atomic mass is 10.0. The van der Waals surface area contributed by atoms with Crippen molar-refractivity contribution in [3.05, 3.63) is 90.5 Å². The molecule has 0 spiro atoms. The Morgan fingerprint density at radius 3 is 2.31 bits per heavy atom. The normalized spacial score (nSPS) is 13.8. The number of carbonyl (C=O) groups is 1. The lowest BCUT2D eigenvalue weighted by molar-refractivity contribution is 0.102. The maximum atomic E-state index is 13.5. The summed E-state index contributed by atoms with van der Waals surface area (Å²) < 4.78 is 23.5. The third-order valence-corrected chi connectivity index (χ3v) is 8.01. The van der Waals surface area contributed by atoms with Crippen LogP contribution in [0.1, 0.15) is 23.2 Å². The van der Waals surface area contributed by atoms with Gasteiger partial charge in [-0.2, -0.15) is 0 Å². The molecule has 1 heterocycles. The molecule has 1 fully saturated rings. The first-order valence-electron chi connectivity index (χ1n) is 15.3. The number of hydrogen-bond acceptors (Lipinski definition) is 7. The van der Waals surface area contributed by atoms with Crippen LogP contribution < -0.4 is 24.3 Å². The molecular formula is C37H43N3O5. The van der Waals surface area contributed by atoms with Crippen molar-refractivity contribution in [3.8, 4) is 45.3 Å². The van der Waals surface area contributed by atoms with Crippen LogP contribution in [0.25, 0.3) is 22.3 Å². The van der Waals surface area contributed by atoms with Crippen LogP contribution in [-0.4, -0.2) is 83.4 Å². The molecule has 1 aliphatic heterocycles. The number of carbonyl (C=O) groups excluding carboxylic acids is 1. The molecule has 1 saturated heterocycles. The predicted molar refractivity (Wildman–Crippen MR) is 180 cm³/mol. The van der Waals surface area contributed by atoms with Gasteiger partial charge in [-0.05, 0) is 99.7 Å². The van der Waals surface area contributed by atoms with Crippen molar-refractivity contribution in [2.24, 2.45) is 0 Å². The summed E-state index contributed by atoms with van der Waals surface area (Å²) in [5, 5.41) is 3.05. The molecule has 8 heteroatoms. The Hall–Kier alpha value is -4.53. The summed E-state index contributed by atoms with van der Waals surface area (Å²) in [4.78, 5) is 17.9. The van der Waals surface area contributed by atoms with Crippen LogP contribution in [0, 0.1) is 0 Å². The molecule has 0 aliphatic carbocycles. The van der Waals surface area contributed by atoms with E-state index in [-0.39, 0.29) is 12.0 Å². The van der Waals surface area contributed by atoms with Crippen LogP contribution in [0.2, 0.25) is 0 Å². The largest absolute Gasteiger partial charge is 0.497 e. The summed E-state index contributed by atoms with van der Waals surface area (Å²) >= 11 is 0. The second kappa shape index (κ2) is 15.0. The smallest absolute Gasteiger partial charge is 0.255 e. The van der Waals surface area contributed by atoms with Gasteiger partial charge < -0.3 is 34.1 Å². The molecule has 5 rings (SSSR count). The summed E-state index contributed by atoms with van der Waals surface area (Å²) in [6.07, 6.45) is 2.32.